The first-order valence-electron chi connectivity index (χ1n) is 11.7. The van der Waals surface area contributed by atoms with Crippen molar-refractivity contribution in [1.82, 2.24) is 4.90 Å². The first kappa shape index (κ1) is 25.4. The van der Waals surface area contributed by atoms with Crippen molar-refractivity contribution in [2.75, 3.05) is 6.61 Å². The molecule has 2 saturated carbocycles. The van der Waals surface area contributed by atoms with Gasteiger partial charge in [0, 0.05) is 23.8 Å². The van der Waals surface area contributed by atoms with Gasteiger partial charge in [0.05, 0.1) is 36.4 Å². The van der Waals surface area contributed by atoms with E-state index in [1.54, 1.807) is 20.8 Å². The summed E-state index contributed by atoms with van der Waals surface area (Å²) in [5.74, 6) is -3.23. The maximum absolute atomic E-state index is 13.3. The topological polar surface area (TPSA) is 190 Å². The smallest absolute Gasteiger partial charge is 0.256 e. The molecule has 0 aromatic heterocycles. The lowest BCUT2D eigenvalue weighted by Gasteiger charge is -2.45. The third kappa shape index (κ3) is 4.04. The highest BCUT2D eigenvalue weighted by atomic mass is 16.8. The highest BCUT2D eigenvalue weighted by molar-refractivity contribution is 6.06. The maximum Gasteiger partial charge on any atom is 0.256 e. The number of ether oxygens (including phenoxy) is 1. The second-order valence-corrected chi connectivity index (χ2v) is 10.7. The fourth-order valence-corrected chi connectivity index (χ4v) is 5.91. The number of amides is 2. The molecule has 0 aromatic carbocycles. The standard InChI is InChI=1S/C22H34N2O10/c1-22(2,3)24-19(31)9-5-4-8-10(6-11(26)15(27)13(8)14(9)20(24)32)23-34-21-18(30)17(29)16(28)12(7-25)33-21/h8-9,11-18,21,25-30H,4-7H2,1-3H3/t8-,9+,11+,12+,13-,14+,15+,16+,17-,18+,21-/m0/s1. The van der Waals surface area contributed by atoms with E-state index >= 15 is 0 Å². The van der Waals surface area contributed by atoms with Crippen LogP contribution in [0.3, 0.4) is 0 Å². The molecule has 0 bridgehead atoms. The molecule has 4 fully saturated rings. The van der Waals surface area contributed by atoms with E-state index in [-0.39, 0.29) is 18.2 Å². The Morgan fingerprint density at radius 1 is 0.971 bits per heavy atom. The fourth-order valence-electron chi connectivity index (χ4n) is 5.91. The molecule has 2 aliphatic carbocycles. The third-order valence-electron chi connectivity index (χ3n) is 7.57. The van der Waals surface area contributed by atoms with Crippen LogP contribution < -0.4 is 0 Å². The normalized spacial score (nSPS) is 46.4. The number of nitrogens with zero attached hydrogens (tertiary/aromatic N) is 2. The molecule has 4 aliphatic rings. The van der Waals surface area contributed by atoms with Gasteiger partial charge in [-0.05, 0) is 33.6 Å². The van der Waals surface area contributed by atoms with Gasteiger partial charge in [-0.25, -0.2) is 0 Å². The average molecular weight is 487 g/mol. The molecule has 12 heteroatoms. The number of oxime groups is 1. The number of likely N-dealkylation sites (tertiary alicyclic amines) is 1. The molecular weight excluding hydrogens is 452 g/mol. The zero-order chi connectivity index (χ0) is 25.1. The molecule has 192 valence electrons. The van der Waals surface area contributed by atoms with Crippen molar-refractivity contribution in [2.24, 2.45) is 28.8 Å². The Morgan fingerprint density at radius 2 is 1.62 bits per heavy atom. The van der Waals surface area contributed by atoms with Crippen LogP contribution in [-0.2, 0) is 19.2 Å². The number of hydrogen-bond acceptors (Lipinski definition) is 11. The van der Waals surface area contributed by atoms with Crippen LogP contribution in [0.2, 0.25) is 0 Å². The van der Waals surface area contributed by atoms with Crippen molar-refractivity contribution in [1.29, 1.82) is 0 Å². The minimum absolute atomic E-state index is 0.0533. The maximum atomic E-state index is 13.3. The fraction of sp³-hybridized carbons (Fsp3) is 0.864. The van der Waals surface area contributed by atoms with Gasteiger partial charge in [0.25, 0.3) is 6.29 Å². The second-order valence-electron chi connectivity index (χ2n) is 10.7. The van der Waals surface area contributed by atoms with Crippen molar-refractivity contribution < 1.29 is 49.8 Å². The van der Waals surface area contributed by atoms with E-state index in [2.05, 4.69) is 5.16 Å². The van der Waals surface area contributed by atoms with Gasteiger partial charge >= 0.3 is 0 Å². The van der Waals surface area contributed by atoms with E-state index in [0.29, 0.717) is 18.6 Å². The Hall–Kier alpha value is -1.67. The number of rotatable bonds is 3. The molecular formula is C22H34N2O10. The highest BCUT2D eigenvalue weighted by Gasteiger charge is 2.61. The first-order chi connectivity index (χ1) is 15.9. The van der Waals surface area contributed by atoms with Crippen LogP contribution in [0.15, 0.2) is 5.16 Å². The number of fused-ring (bicyclic) bond motifs is 3. The third-order valence-corrected chi connectivity index (χ3v) is 7.57. The summed E-state index contributed by atoms with van der Waals surface area (Å²) in [5, 5.41) is 64.8. The van der Waals surface area contributed by atoms with Gasteiger partial charge in [-0.3, -0.25) is 14.5 Å². The number of aliphatic hydroxyl groups is 6. The Balaban J connectivity index is 1.59. The van der Waals surface area contributed by atoms with Crippen molar-refractivity contribution in [3.05, 3.63) is 0 Å². The Kier molecular flexibility index (Phi) is 6.79. The molecule has 12 nitrogen and oxygen atoms in total. The van der Waals surface area contributed by atoms with E-state index in [9.17, 15) is 40.2 Å². The number of carbonyl (C=O) groups excluding carboxylic acids is 2. The van der Waals surface area contributed by atoms with Crippen LogP contribution >= 0.6 is 0 Å². The van der Waals surface area contributed by atoms with Gasteiger partial charge in [-0.15, -0.1) is 0 Å². The van der Waals surface area contributed by atoms with Crippen molar-refractivity contribution in [3.63, 3.8) is 0 Å². The molecule has 0 radical (unpaired) electrons. The largest absolute Gasteiger partial charge is 0.394 e. The summed E-state index contributed by atoms with van der Waals surface area (Å²) >= 11 is 0. The van der Waals surface area contributed by atoms with Crippen LogP contribution in [0.5, 0.6) is 0 Å². The van der Waals surface area contributed by atoms with Crippen molar-refractivity contribution >= 4 is 17.5 Å². The minimum atomic E-state index is -1.65. The molecule has 6 N–H and O–H groups in total. The van der Waals surface area contributed by atoms with Crippen LogP contribution in [0.1, 0.15) is 40.0 Å². The predicted molar refractivity (Wildman–Crippen MR) is 114 cm³/mol. The molecule has 2 heterocycles. The molecule has 0 unspecified atom stereocenters. The van der Waals surface area contributed by atoms with Crippen molar-refractivity contribution in [2.45, 2.75) is 88.5 Å². The molecule has 0 aromatic rings. The van der Waals surface area contributed by atoms with E-state index in [0.717, 1.165) is 0 Å². The lowest BCUT2D eigenvalue weighted by Crippen LogP contribution is -2.59. The Labute approximate surface area is 196 Å². The van der Waals surface area contributed by atoms with Gasteiger partial charge in [0.15, 0.2) is 0 Å². The van der Waals surface area contributed by atoms with Crippen molar-refractivity contribution in [3.8, 4) is 0 Å². The molecule has 2 saturated heterocycles. The number of aliphatic hydroxyl groups excluding tert-OH is 6. The van der Waals surface area contributed by atoms with E-state index in [1.807, 2.05) is 0 Å². The summed E-state index contributed by atoms with van der Waals surface area (Å²) in [4.78, 5) is 32.9. The Bertz CT molecular complexity index is 842. The number of imide groups is 1. The summed E-state index contributed by atoms with van der Waals surface area (Å²) in [5.41, 5.74) is -0.379. The van der Waals surface area contributed by atoms with Gasteiger partial charge in [-0.1, -0.05) is 5.16 Å². The molecule has 4 rings (SSSR count). The molecule has 34 heavy (non-hydrogen) atoms. The number of carbonyl (C=O) groups is 2. The monoisotopic (exact) mass is 486 g/mol. The van der Waals surface area contributed by atoms with E-state index in [1.165, 1.54) is 4.90 Å². The van der Waals surface area contributed by atoms with Crippen LogP contribution in [-0.4, -0.2) is 108 Å². The zero-order valence-corrected chi connectivity index (χ0v) is 19.4. The summed E-state index contributed by atoms with van der Waals surface area (Å²) in [7, 11) is 0. The lowest BCUT2D eigenvalue weighted by molar-refractivity contribution is -0.301. The second kappa shape index (κ2) is 9.08. The van der Waals surface area contributed by atoms with E-state index in [4.69, 9.17) is 9.57 Å². The molecule has 11 atom stereocenters. The highest BCUT2D eigenvalue weighted by Crippen LogP contribution is 2.50. The van der Waals surface area contributed by atoms with Crippen LogP contribution in [0.4, 0.5) is 0 Å². The Morgan fingerprint density at radius 3 is 2.24 bits per heavy atom. The summed E-state index contributed by atoms with van der Waals surface area (Å²) in [6.07, 6.45) is -9.19. The summed E-state index contributed by atoms with van der Waals surface area (Å²) in [6.45, 7) is 4.68. The van der Waals surface area contributed by atoms with Gasteiger partial charge < -0.3 is 40.2 Å². The number of hydrogen-bond donors (Lipinski definition) is 6. The van der Waals surface area contributed by atoms with Crippen LogP contribution in [0, 0.1) is 23.7 Å². The molecule has 2 aliphatic heterocycles. The SMILES string of the molecule is CC(C)(C)N1C(=O)[C@H]2[C@H]3[C@H](O)[C@H](O)CC(=NO[C@@H]4O[C@H](CO)[C@@H](O)[C@H](O)[C@H]4O)[C@@H]3CC[C@H]2C1=O. The molecule has 0 spiro atoms. The average Bonchev–Trinajstić information content (AvgIpc) is 3.04. The first-order valence-corrected chi connectivity index (χ1v) is 11.7. The predicted octanol–water partition coefficient (Wildman–Crippen LogP) is -2.29. The lowest BCUT2D eigenvalue weighted by atomic mass is 9.60. The van der Waals surface area contributed by atoms with E-state index < -0.39 is 78.7 Å². The summed E-state index contributed by atoms with van der Waals surface area (Å²) < 4.78 is 5.30. The summed E-state index contributed by atoms with van der Waals surface area (Å²) in [6, 6.07) is 0. The van der Waals surface area contributed by atoms with Gasteiger partial charge in [0.1, 0.15) is 24.4 Å². The van der Waals surface area contributed by atoms with Gasteiger partial charge in [0.2, 0.25) is 11.8 Å². The van der Waals surface area contributed by atoms with Gasteiger partial charge in [-0.2, -0.15) is 0 Å². The quantitative estimate of drug-likeness (QED) is 0.187. The zero-order valence-electron chi connectivity index (χ0n) is 19.4. The van der Waals surface area contributed by atoms with Crippen LogP contribution in [0.25, 0.3) is 0 Å². The minimum Gasteiger partial charge on any atom is -0.394 e. The molecule has 2 amide bonds.